The molecule has 18 heavy (non-hydrogen) atoms. The molecule has 1 heterocycles. The van der Waals surface area contributed by atoms with Crippen LogP contribution in [0.5, 0.6) is 0 Å². The van der Waals surface area contributed by atoms with E-state index in [1.54, 1.807) is 12.1 Å². The Labute approximate surface area is 105 Å². The maximum Gasteiger partial charge on any atom is 0.142 e. The van der Waals surface area contributed by atoms with Crippen molar-refractivity contribution in [3.63, 3.8) is 0 Å². The lowest BCUT2D eigenvalue weighted by Gasteiger charge is -2.12. The Hall–Kier alpha value is -1.81. The highest BCUT2D eigenvalue weighted by Crippen LogP contribution is 2.26. The van der Waals surface area contributed by atoms with Gasteiger partial charge in [-0.15, -0.1) is 0 Å². The molecule has 1 unspecified atom stereocenters. The van der Waals surface area contributed by atoms with Crippen molar-refractivity contribution in [3.8, 4) is 11.1 Å². The van der Waals surface area contributed by atoms with Gasteiger partial charge < -0.3 is 5.32 Å². The summed E-state index contributed by atoms with van der Waals surface area (Å²) in [7, 11) is 1.83. The molecular formula is C14H14F2N2. The van der Waals surface area contributed by atoms with Crippen LogP contribution in [-0.2, 0) is 0 Å². The Morgan fingerprint density at radius 1 is 1.17 bits per heavy atom. The molecule has 2 aromatic rings. The summed E-state index contributed by atoms with van der Waals surface area (Å²) in [5, 5.41) is 3.08. The molecule has 0 radical (unpaired) electrons. The van der Waals surface area contributed by atoms with E-state index in [0.717, 1.165) is 11.8 Å². The van der Waals surface area contributed by atoms with E-state index in [2.05, 4.69) is 10.3 Å². The molecule has 1 N–H and O–H groups in total. The average Bonchev–Trinajstić information content (AvgIpc) is 2.38. The Balaban J connectivity index is 2.49. The van der Waals surface area contributed by atoms with Gasteiger partial charge in [-0.3, -0.25) is 4.98 Å². The van der Waals surface area contributed by atoms with Crippen LogP contribution in [0.4, 0.5) is 8.78 Å². The number of aromatic nitrogens is 1. The van der Waals surface area contributed by atoms with E-state index in [-0.39, 0.29) is 11.9 Å². The Morgan fingerprint density at radius 3 is 2.61 bits per heavy atom. The van der Waals surface area contributed by atoms with Gasteiger partial charge in [0.15, 0.2) is 0 Å². The molecule has 0 aliphatic heterocycles. The lowest BCUT2D eigenvalue weighted by atomic mass is 10.0. The SMILES string of the molecule is CNC(C)c1ccc(F)c(-c2cncc(F)c2)c1. The number of hydrogen-bond donors (Lipinski definition) is 1. The highest BCUT2D eigenvalue weighted by Gasteiger charge is 2.10. The normalized spacial score (nSPS) is 12.4. The summed E-state index contributed by atoms with van der Waals surface area (Å²) >= 11 is 0. The number of benzene rings is 1. The topological polar surface area (TPSA) is 24.9 Å². The molecule has 1 aromatic heterocycles. The van der Waals surface area contributed by atoms with Crippen molar-refractivity contribution in [1.82, 2.24) is 10.3 Å². The van der Waals surface area contributed by atoms with E-state index in [1.807, 2.05) is 14.0 Å². The van der Waals surface area contributed by atoms with E-state index >= 15 is 0 Å². The summed E-state index contributed by atoms with van der Waals surface area (Å²) in [6.07, 6.45) is 2.55. The van der Waals surface area contributed by atoms with Gasteiger partial charge in [-0.2, -0.15) is 0 Å². The molecule has 0 spiro atoms. The summed E-state index contributed by atoms with van der Waals surface area (Å²) in [4.78, 5) is 3.74. The monoisotopic (exact) mass is 248 g/mol. The van der Waals surface area contributed by atoms with Gasteiger partial charge in [-0.05, 0) is 37.7 Å². The standard InChI is InChI=1S/C14H14F2N2/c1-9(17-2)10-3-4-14(16)13(6-10)11-5-12(15)8-18-7-11/h3-9,17H,1-2H3. The van der Waals surface area contributed by atoms with Crippen molar-refractivity contribution in [2.45, 2.75) is 13.0 Å². The first kappa shape index (κ1) is 12.6. The van der Waals surface area contributed by atoms with Crippen LogP contribution in [0.25, 0.3) is 11.1 Å². The fourth-order valence-corrected chi connectivity index (χ4v) is 1.76. The smallest absolute Gasteiger partial charge is 0.142 e. The maximum absolute atomic E-state index is 13.8. The van der Waals surface area contributed by atoms with Gasteiger partial charge in [0.25, 0.3) is 0 Å². The van der Waals surface area contributed by atoms with Crippen LogP contribution in [0.2, 0.25) is 0 Å². The molecule has 0 aliphatic carbocycles. The Morgan fingerprint density at radius 2 is 1.94 bits per heavy atom. The predicted octanol–water partition coefficient (Wildman–Crippen LogP) is 3.31. The van der Waals surface area contributed by atoms with Gasteiger partial charge in [0.05, 0.1) is 6.20 Å². The fraction of sp³-hybridized carbons (Fsp3) is 0.214. The number of rotatable bonds is 3. The number of halogens is 2. The predicted molar refractivity (Wildman–Crippen MR) is 67.1 cm³/mol. The summed E-state index contributed by atoms with van der Waals surface area (Å²) < 4.78 is 26.9. The largest absolute Gasteiger partial charge is 0.313 e. The number of nitrogens with zero attached hydrogens (tertiary/aromatic N) is 1. The Kier molecular flexibility index (Phi) is 3.67. The molecule has 0 saturated carbocycles. The third kappa shape index (κ3) is 2.54. The second-order valence-corrected chi connectivity index (χ2v) is 4.14. The van der Waals surface area contributed by atoms with Crippen LogP contribution in [0.3, 0.4) is 0 Å². The van der Waals surface area contributed by atoms with E-state index < -0.39 is 5.82 Å². The zero-order valence-electron chi connectivity index (χ0n) is 10.2. The van der Waals surface area contributed by atoms with Crippen molar-refractivity contribution in [3.05, 3.63) is 53.9 Å². The lowest BCUT2D eigenvalue weighted by molar-refractivity contribution is 0.616. The van der Waals surface area contributed by atoms with Gasteiger partial charge in [0.1, 0.15) is 11.6 Å². The minimum absolute atomic E-state index is 0.103. The molecule has 2 rings (SSSR count). The molecule has 1 aromatic carbocycles. The second kappa shape index (κ2) is 5.23. The molecule has 4 heteroatoms. The zero-order chi connectivity index (χ0) is 13.1. The van der Waals surface area contributed by atoms with Crippen LogP contribution in [-0.4, -0.2) is 12.0 Å². The van der Waals surface area contributed by atoms with Crippen molar-refractivity contribution in [1.29, 1.82) is 0 Å². The molecule has 0 saturated heterocycles. The molecule has 0 bridgehead atoms. The first-order valence-corrected chi connectivity index (χ1v) is 5.69. The van der Waals surface area contributed by atoms with Crippen molar-refractivity contribution in [2.75, 3.05) is 7.05 Å². The zero-order valence-corrected chi connectivity index (χ0v) is 10.2. The van der Waals surface area contributed by atoms with Gasteiger partial charge >= 0.3 is 0 Å². The van der Waals surface area contributed by atoms with Crippen molar-refractivity contribution in [2.24, 2.45) is 0 Å². The molecule has 94 valence electrons. The molecule has 0 fully saturated rings. The van der Waals surface area contributed by atoms with Gasteiger partial charge in [0.2, 0.25) is 0 Å². The fourth-order valence-electron chi connectivity index (χ4n) is 1.76. The number of nitrogens with one attached hydrogen (secondary N) is 1. The lowest BCUT2D eigenvalue weighted by Crippen LogP contribution is -2.12. The number of pyridine rings is 1. The van der Waals surface area contributed by atoms with E-state index in [1.165, 1.54) is 18.3 Å². The van der Waals surface area contributed by atoms with Gasteiger partial charge in [0, 0.05) is 23.4 Å². The highest BCUT2D eigenvalue weighted by atomic mass is 19.1. The van der Waals surface area contributed by atoms with Crippen molar-refractivity contribution < 1.29 is 8.78 Å². The minimum atomic E-state index is -0.473. The van der Waals surface area contributed by atoms with E-state index in [9.17, 15) is 8.78 Å². The first-order chi connectivity index (χ1) is 8.61. The average molecular weight is 248 g/mol. The summed E-state index contributed by atoms with van der Waals surface area (Å²) in [6, 6.07) is 6.20. The summed E-state index contributed by atoms with van der Waals surface area (Å²) in [6.45, 7) is 1.97. The Bertz CT molecular complexity index is 555. The van der Waals surface area contributed by atoms with Crippen LogP contribution in [0.1, 0.15) is 18.5 Å². The number of hydrogen-bond acceptors (Lipinski definition) is 2. The highest BCUT2D eigenvalue weighted by molar-refractivity contribution is 5.64. The summed E-state index contributed by atoms with van der Waals surface area (Å²) in [5.74, 6) is -0.853. The molecule has 2 nitrogen and oxygen atoms in total. The summed E-state index contributed by atoms with van der Waals surface area (Å²) in [5.41, 5.74) is 1.75. The second-order valence-electron chi connectivity index (χ2n) is 4.14. The van der Waals surface area contributed by atoms with Gasteiger partial charge in [-0.25, -0.2) is 8.78 Å². The molecule has 0 amide bonds. The molecule has 1 atom stereocenters. The van der Waals surface area contributed by atoms with Crippen molar-refractivity contribution >= 4 is 0 Å². The van der Waals surface area contributed by atoms with Crippen LogP contribution < -0.4 is 5.32 Å². The third-order valence-electron chi connectivity index (χ3n) is 2.94. The van der Waals surface area contributed by atoms with E-state index in [0.29, 0.717) is 11.1 Å². The van der Waals surface area contributed by atoms with Crippen LogP contribution >= 0.6 is 0 Å². The van der Waals surface area contributed by atoms with Crippen LogP contribution in [0, 0.1) is 11.6 Å². The van der Waals surface area contributed by atoms with Gasteiger partial charge in [-0.1, -0.05) is 6.07 Å². The quantitative estimate of drug-likeness (QED) is 0.901. The minimum Gasteiger partial charge on any atom is -0.313 e. The van der Waals surface area contributed by atoms with E-state index in [4.69, 9.17) is 0 Å². The maximum atomic E-state index is 13.8. The molecule has 0 aliphatic rings. The van der Waals surface area contributed by atoms with Crippen LogP contribution in [0.15, 0.2) is 36.7 Å². The third-order valence-corrected chi connectivity index (χ3v) is 2.94. The molecular weight excluding hydrogens is 234 g/mol. The first-order valence-electron chi connectivity index (χ1n) is 5.69.